The highest BCUT2D eigenvalue weighted by molar-refractivity contribution is 14.0. The van der Waals surface area contributed by atoms with Crippen LogP contribution in [0.5, 0.6) is 0 Å². The molecule has 1 aliphatic rings. The number of guanidine groups is 1. The Bertz CT molecular complexity index is 872. The van der Waals surface area contributed by atoms with Crippen molar-refractivity contribution in [1.82, 2.24) is 20.8 Å². The van der Waals surface area contributed by atoms with Crippen molar-refractivity contribution in [3.63, 3.8) is 0 Å². The lowest BCUT2D eigenvalue weighted by Gasteiger charge is -2.30. The van der Waals surface area contributed by atoms with Crippen molar-refractivity contribution in [2.24, 2.45) is 4.99 Å². The molecule has 0 bridgehead atoms. The normalized spacial score (nSPS) is 19.8. The molecule has 1 saturated carbocycles. The molecule has 0 aliphatic heterocycles. The number of hydrogen-bond acceptors (Lipinski definition) is 5. The van der Waals surface area contributed by atoms with Gasteiger partial charge in [-0.2, -0.15) is 4.98 Å². The predicted molar refractivity (Wildman–Crippen MR) is 142 cm³/mol. The first-order chi connectivity index (χ1) is 15.1. The van der Waals surface area contributed by atoms with Gasteiger partial charge in [0.2, 0.25) is 0 Å². The first-order valence-corrected chi connectivity index (χ1v) is 12.8. The standard InChI is InChI=1S/C23H35N5O2S.HI/c1-4-21-27-22(30-28-21)18-12-10-17(11-13-18)14-15-25-23(24-5-2)26-19-8-7-9-20(16-19)31(29)6-3;/h10-13,19-20H,4-9,14-16H2,1-3H3,(H2,24,25,26);1H. The molecule has 0 radical (unpaired) electrons. The van der Waals surface area contributed by atoms with Crippen LogP contribution in [-0.4, -0.2) is 50.4 Å². The van der Waals surface area contributed by atoms with Crippen LogP contribution < -0.4 is 10.6 Å². The molecule has 178 valence electrons. The van der Waals surface area contributed by atoms with Crippen LogP contribution in [0.3, 0.4) is 0 Å². The van der Waals surface area contributed by atoms with Crippen LogP contribution in [0.25, 0.3) is 11.5 Å². The third-order valence-electron chi connectivity index (χ3n) is 5.62. The molecular weight excluding hydrogens is 537 g/mol. The second-order valence-corrected chi connectivity index (χ2v) is 9.88. The van der Waals surface area contributed by atoms with Gasteiger partial charge in [-0.1, -0.05) is 37.6 Å². The molecule has 7 nitrogen and oxygen atoms in total. The van der Waals surface area contributed by atoms with Crippen molar-refractivity contribution >= 4 is 40.7 Å². The maximum absolute atomic E-state index is 12.2. The first-order valence-electron chi connectivity index (χ1n) is 11.5. The fourth-order valence-electron chi connectivity index (χ4n) is 3.89. The number of halogens is 1. The zero-order chi connectivity index (χ0) is 22.1. The van der Waals surface area contributed by atoms with Crippen LogP contribution in [0.4, 0.5) is 0 Å². The Labute approximate surface area is 211 Å². The van der Waals surface area contributed by atoms with E-state index in [0.29, 0.717) is 23.7 Å². The van der Waals surface area contributed by atoms with Gasteiger partial charge in [0, 0.05) is 52.9 Å². The van der Waals surface area contributed by atoms with E-state index < -0.39 is 10.8 Å². The van der Waals surface area contributed by atoms with E-state index in [-0.39, 0.29) is 24.0 Å². The monoisotopic (exact) mass is 573 g/mol. The van der Waals surface area contributed by atoms with E-state index >= 15 is 0 Å². The van der Waals surface area contributed by atoms with E-state index in [1.165, 1.54) is 5.56 Å². The average molecular weight is 574 g/mol. The predicted octanol–water partition coefficient (Wildman–Crippen LogP) is 4.09. The summed E-state index contributed by atoms with van der Waals surface area (Å²) in [6.07, 6.45) is 5.89. The number of rotatable bonds is 9. The van der Waals surface area contributed by atoms with Crippen LogP contribution in [-0.2, 0) is 23.6 Å². The van der Waals surface area contributed by atoms with Gasteiger partial charge in [0.05, 0.1) is 0 Å². The number of nitrogens with zero attached hydrogens (tertiary/aromatic N) is 3. The highest BCUT2D eigenvalue weighted by atomic mass is 127. The van der Waals surface area contributed by atoms with E-state index in [9.17, 15) is 4.21 Å². The summed E-state index contributed by atoms with van der Waals surface area (Å²) >= 11 is 0. The van der Waals surface area contributed by atoms with Gasteiger partial charge in [0.25, 0.3) is 5.89 Å². The quantitative estimate of drug-likeness (QED) is 0.267. The zero-order valence-electron chi connectivity index (χ0n) is 19.3. The summed E-state index contributed by atoms with van der Waals surface area (Å²) in [6, 6.07) is 8.56. The Morgan fingerprint density at radius 3 is 2.66 bits per heavy atom. The third kappa shape index (κ3) is 7.83. The number of hydrogen-bond donors (Lipinski definition) is 2. The topological polar surface area (TPSA) is 92.4 Å². The number of nitrogens with one attached hydrogen (secondary N) is 2. The minimum Gasteiger partial charge on any atom is -0.357 e. The third-order valence-corrected chi connectivity index (χ3v) is 7.36. The molecule has 1 aromatic carbocycles. The fourth-order valence-corrected chi connectivity index (χ4v) is 5.24. The molecule has 1 fully saturated rings. The highest BCUT2D eigenvalue weighted by Gasteiger charge is 2.26. The van der Waals surface area contributed by atoms with Gasteiger partial charge in [0.1, 0.15) is 0 Å². The van der Waals surface area contributed by atoms with E-state index in [1.54, 1.807) is 0 Å². The number of benzene rings is 1. The minimum atomic E-state index is -0.714. The lowest BCUT2D eigenvalue weighted by atomic mass is 9.95. The molecule has 3 atom stereocenters. The van der Waals surface area contributed by atoms with Crippen molar-refractivity contribution in [2.45, 2.75) is 70.6 Å². The van der Waals surface area contributed by atoms with Gasteiger partial charge in [-0.15, -0.1) is 24.0 Å². The summed E-state index contributed by atoms with van der Waals surface area (Å²) < 4.78 is 17.5. The summed E-state index contributed by atoms with van der Waals surface area (Å²) in [5, 5.41) is 11.2. The van der Waals surface area contributed by atoms with Gasteiger partial charge in [-0.25, -0.2) is 0 Å². The number of aliphatic imine (C=N–C) groups is 1. The Kier molecular flexibility index (Phi) is 11.6. The molecule has 0 saturated heterocycles. The van der Waals surface area contributed by atoms with E-state index in [2.05, 4.69) is 39.8 Å². The molecule has 1 aromatic heterocycles. The Morgan fingerprint density at radius 1 is 1.22 bits per heavy atom. The van der Waals surface area contributed by atoms with Gasteiger partial charge in [0.15, 0.2) is 11.8 Å². The van der Waals surface area contributed by atoms with Crippen LogP contribution >= 0.6 is 24.0 Å². The maximum Gasteiger partial charge on any atom is 0.257 e. The van der Waals surface area contributed by atoms with E-state index in [1.807, 2.05) is 26.0 Å². The summed E-state index contributed by atoms with van der Waals surface area (Å²) in [4.78, 5) is 9.14. The fraction of sp³-hybridized carbons (Fsp3) is 0.609. The van der Waals surface area contributed by atoms with Crippen molar-refractivity contribution in [3.05, 3.63) is 35.7 Å². The zero-order valence-corrected chi connectivity index (χ0v) is 22.4. The molecule has 1 aliphatic carbocycles. The van der Waals surface area contributed by atoms with E-state index in [0.717, 1.165) is 68.2 Å². The van der Waals surface area contributed by atoms with Gasteiger partial charge in [-0.3, -0.25) is 9.20 Å². The van der Waals surface area contributed by atoms with Gasteiger partial charge >= 0.3 is 0 Å². The molecule has 3 unspecified atom stereocenters. The molecule has 1 heterocycles. The van der Waals surface area contributed by atoms with Gasteiger partial charge < -0.3 is 15.2 Å². The molecule has 9 heteroatoms. The average Bonchev–Trinajstić information content (AvgIpc) is 3.29. The molecule has 32 heavy (non-hydrogen) atoms. The Balaban J connectivity index is 0.00000363. The molecular formula is C23H36IN5O2S. The van der Waals surface area contributed by atoms with Crippen LogP contribution in [0, 0.1) is 0 Å². The van der Waals surface area contributed by atoms with Crippen molar-refractivity contribution in [3.8, 4) is 11.5 Å². The molecule has 2 N–H and O–H groups in total. The number of aryl methyl sites for hydroxylation is 1. The number of aromatic nitrogens is 2. The Hall–Kier alpha value is -1.49. The second kappa shape index (κ2) is 13.9. The smallest absolute Gasteiger partial charge is 0.257 e. The summed E-state index contributed by atoms with van der Waals surface area (Å²) in [5.41, 5.74) is 2.15. The molecule has 0 amide bonds. The second-order valence-electron chi connectivity index (χ2n) is 7.88. The first kappa shape index (κ1) is 26.8. The SMILES string of the molecule is CCNC(=NCCc1ccc(-c2nc(CC)no2)cc1)NC1CCCC(S(=O)CC)C1.I. The summed E-state index contributed by atoms with van der Waals surface area (Å²) in [5.74, 6) is 2.89. The highest BCUT2D eigenvalue weighted by Crippen LogP contribution is 2.23. The van der Waals surface area contributed by atoms with Crippen molar-refractivity contribution in [1.29, 1.82) is 0 Å². The van der Waals surface area contributed by atoms with Crippen LogP contribution in [0.15, 0.2) is 33.8 Å². The lowest BCUT2D eigenvalue weighted by Crippen LogP contribution is -2.46. The molecule has 2 aromatic rings. The van der Waals surface area contributed by atoms with Crippen molar-refractivity contribution < 1.29 is 8.73 Å². The Morgan fingerprint density at radius 2 is 2.00 bits per heavy atom. The molecule has 0 spiro atoms. The van der Waals surface area contributed by atoms with E-state index in [4.69, 9.17) is 9.52 Å². The summed E-state index contributed by atoms with van der Waals surface area (Å²) in [7, 11) is -0.714. The van der Waals surface area contributed by atoms with Gasteiger partial charge in [-0.05, 0) is 50.3 Å². The van der Waals surface area contributed by atoms with Crippen LogP contribution in [0.2, 0.25) is 0 Å². The van der Waals surface area contributed by atoms with Crippen molar-refractivity contribution in [2.75, 3.05) is 18.8 Å². The maximum atomic E-state index is 12.2. The minimum absolute atomic E-state index is 0. The summed E-state index contributed by atoms with van der Waals surface area (Å²) in [6.45, 7) is 7.62. The van der Waals surface area contributed by atoms with Crippen LogP contribution in [0.1, 0.15) is 57.8 Å². The largest absolute Gasteiger partial charge is 0.357 e. The molecule has 3 rings (SSSR count). The lowest BCUT2D eigenvalue weighted by molar-refractivity contribution is 0.413.